The number of nitrogens with one attached hydrogen (secondary N) is 1. The maximum absolute atomic E-state index is 12.5. The predicted molar refractivity (Wildman–Crippen MR) is 122 cm³/mol. The summed E-state index contributed by atoms with van der Waals surface area (Å²) in [7, 11) is 1.58. The van der Waals surface area contributed by atoms with Gasteiger partial charge in [-0.3, -0.25) is 4.79 Å². The Hall–Kier alpha value is -2.84. The average Bonchev–Trinajstić information content (AvgIpc) is 3.20. The number of methoxy groups -OCH3 is 1. The smallest absolute Gasteiger partial charge is 0.226 e. The number of aromatic nitrogens is 3. The lowest BCUT2D eigenvalue weighted by atomic mass is 9.93. The summed E-state index contributed by atoms with van der Waals surface area (Å²) in [6, 6.07) is 10.8. The van der Waals surface area contributed by atoms with E-state index in [2.05, 4.69) is 31.3 Å². The Balaban J connectivity index is 1.72. The van der Waals surface area contributed by atoms with E-state index in [1.165, 1.54) is 6.33 Å². The second kappa shape index (κ2) is 8.72. The van der Waals surface area contributed by atoms with Crippen LogP contribution in [0.2, 0.25) is 5.02 Å². The molecular weight excluding hydrogens is 484 g/mol. The van der Waals surface area contributed by atoms with E-state index in [1.807, 2.05) is 43.3 Å². The normalized spacial score (nSPS) is 15.3. The van der Waals surface area contributed by atoms with Gasteiger partial charge in [0.1, 0.15) is 19.0 Å². The van der Waals surface area contributed by atoms with E-state index in [4.69, 9.17) is 21.1 Å². The van der Waals surface area contributed by atoms with Crippen molar-refractivity contribution in [2.24, 2.45) is 0 Å². The third-order valence-electron chi connectivity index (χ3n) is 5.04. The van der Waals surface area contributed by atoms with Gasteiger partial charge < -0.3 is 14.8 Å². The van der Waals surface area contributed by atoms with E-state index in [0.29, 0.717) is 39.1 Å². The largest absolute Gasteiger partial charge is 0.493 e. The maximum Gasteiger partial charge on any atom is 0.226 e. The molecule has 0 saturated carbocycles. The quantitative estimate of drug-likeness (QED) is 0.501. The number of benzene rings is 2. The zero-order valence-corrected chi connectivity index (χ0v) is 19.5. The number of halogens is 2. The highest BCUT2D eigenvalue weighted by Gasteiger charge is 2.32. The van der Waals surface area contributed by atoms with Crippen LogP contribution in [0.3, 0.4) is 0 Å². The number of carbonyl (C=O) groups is 1. The van der Waals surface area contributed by atoms with Gasteiger partial charge in [0.15, 0.2) is 17.3 Å². The molecule has 1 atom stereocenters. The topological polar surface area (TPSA) is 78.3 Å². The van der Waals surface area contributed by atoms with Crippen molar-refractivity contribution in [1.29, 1.82) is 0 Å². The molecule has 0 radical (unpaired) electrons. The highest BCUT2D eigenvalue weighted by atomic mass is 79.9. The SMILES string of the molecule is COc1cc(C2C(C(C)=O)=C(C)Nc3ncnn32)cc(Br)c1OCc1ccc(Cl)cc1. The van der Waals surface area contributed by atoms with Gasteiger partial charge in [-0.25, -0.2) is 4.68 Å². The zero-order chi connectivity index (χ0) is 22.1. The van der Waals surface area contributed by atoms with Crippen molar-refractivity contribution in [2.75, 3.05) is 12.4 Å². The Bertz CT molecular complexity index is 1170. The van der Waals surface area contributed by atoms with Gasteiger partial charge in [0.25, 0.3) is 0 Å². The molecule has 9 heteroatoms. The van der Waals surface area contributed by atoms with Crippen LogP contribution in [0, 0.1) is 0 Å². The van der Waals surface area contributed by atoms with E-state index in [9.17, 15) is 4.79 Å². The van der Waals surface area contributed by atoms with Crippen LogP contribution >= 0.6 is 27.5 Å². The van der Waals surface area contributed by atoms with Gasteiger partial charge in [0.2, 0.25) is 5.95 Å². The van der Waals surface area contributed by atoms with Crippen molar-refractivity contribution < 1.29 is 14.3 Å². The summed E-state index contributed by atoms with van der Waals surface area (Å²) in [5.74, 6) is 1.64. The molecule has 1 aromatic heterocycles. The summed E-state index contributed by atoms with van der Waals surface area (Å²) >= 11 is 9.56. The third-order valence-corrected chi connectivity index (χ3v) is 5.88. The van der Waals surface area contributed by atoms with E-state index >= 15 is 0 Å². The molecule has 1 N–H and O–H groups in total. The highest BCUT2D eigenvalue weighted by molar-refractivity contribution is 9.10. The van der Waals surface area contributed by atoms with Crippen LogP contribution in [0.25, 0.3) is 0 Å². The standard InChI is InChI=1S/C22H20BrClN4O3/c1-12-19(13(2)29)20(28-22(27-12)25-11-26-28)15-8-17(23)21(18(9-15)30-3)31-10-14-4-6-16(24)7-5-14/h4-9,11,20H,10H2,1-3H3,(H,25,26,27). The van der Waals surface area contributed by atoms with E-state index < -0.39 is 6.04 Å². The summed E-state index contributed by atoms with van der Waals surface area (Å²) in [5.41, 5.74) is 3.16. The number of nitrogens with zero attached hydrogens (tertiary/aromatic N) is 3. The van der Waals surface area contributed by atoms with Crippen LogP contribution in [0.15, 0.2) is 58.5 Å². The number of anilines is 1. The Kier molecular flexibility index (Phi) is 6.02. The molecule has 3 aromatic rings. The minimum Gasteiger partial charge on any atom is -0.493 e. The van der Waals surface area contributed by atoms with E-state index in [1.54, 1.807) is 18.7 Å². The molecule has 0 bridgehead atoms. The molecule has 0 amide bonds. The van der Waals surface area contributed by atoms with E-state index in [0.717, 1.165) is 16.8 Å². The van der Waals surface area contributed by atoms with Crippen LogP contribution in [-0.4, -0.2) is 27.7 Å². The molecule has 1 unspecified atom stereocenters. The second-order valence-electron chi connectivity index (χ2n) is 7.10. The molecule has 2 aromatic carbocycles. The first-order chi connectivity index (χ1) is 14.9. The Morgan fingerprint density at radius 3 is 2.71 bits per heavy atom. The summed E-state index contributed by atoms with van der Waals surface area (Å²) in [4.78, 5) is 16.7. The van der Waals surface area contributed by atoms with Crippen LogP contribution in [0.5, 0.6) is 11.5 Å². The number of Topliss-reactive ketones (excluding diaryl/α,β-unsaturated/α-hetero) is 1. The molecule has 1 aliphatic rings. The minimum absolute atomic E-state index is 0.0469. The molecule has 0 fully saturated rings. The first-order valence-corrected chi connectivity index (χ1v) is 10.7. The molecule has 0 spiro atoms. The van der Waals surface area contributed by atoms with Crippen LogP contribution in [-0.2, 0) is 11.4 Å². The van der Waals surface area contributed by atoms with Gasteiger partial charge in [-0.05, 0) is 65.2 Å². The lowest BCUT2D eigenvalue weighted by Gasteiger charge is -2.28. The number of carbonyl (C=O) groups excluding carboxylic acids is 1. The number of allylic oxidation sites excluding steroid dienone is 2. The molecule has 2 heterocycles. The molecule has 31 heavy (non-hydrogen) atoms. The fraction of sp³-hybridized carbons (Fsp3) is 0.227. The monoisotopic (exact) mass is 502 g/mol. The predicted octanol–water partition coefficient (Wildman–Crippen LogP) is 5.16. The van der Waals surface area contributed by atoms with E-state index in [-0.39, 0.29) is 5.78 Å². The molecule has 160 valence electrons. The lowest BCUT2D eigenvalue weighted by molar-refractivity contribution is -0.114. The highest BCUT2D eigenvalue weighted by Crippen LogP contribution is 2.42. The molecule has 7 nitrogen and oxygen atoms in total. The number of ketones is 1. The lowest BCUT2D eigenvalue weighted by Crippen LogP contribution is -2.27. The molecule has 0 saturated heterocycles. The van der Waals surface area contributed by atoms with Gasteiger partial charge in [-0.15, -0.1) is 0 Å². The maximum atomic E-state index is 12.5. The Labute approximate surface area is 193 Å². The number of hydrogen-bond donors (Lipinski definition) is 1. The number of fused-ring (bicyclic) bond motifs is 1. The molecular formula is C22H20BrClN4O3. The minimum atomic E-state index is -0.438. The zero-order valence-electron chi connectivity index (χ0n) is 17.1. The van der Waals surface area contributed by atoms with Crippen LogP contribution in [0.1, 0.15) is 31.0 Å². The molecule has 1 aliphatic heterocycles. The second-order valence-corrected chi connectivity index (χ2v) is 8.39. The van der Waals surface area contributed by atoms with Crippen molar-refractivity contribution in [3.05, 3.63) is 74.6 Å². The summed E-state index contributed by atoms with van der Waals surface area (Å²) in [6.45, 7) is 3.76. The fourth-order valence-corrected chi connectivity index (χ4v) is 4.33. The average molecular weight is 504 g/mol. The van der Waals surface area contributed by atoms with Crippen molar-refractivity contribution in [3.8, 4) is 11.5 Å². The van der Waals surface area contributed by atoms with Gasteiger partial charge in [-0.2, -0.15) is 10.1 Å². The van der Waals surface area contributed by atoms with Crippen LogP contribution in [0.4, 0.5) is 5.95 Å². The fourth-order valence-electron chi connectivity index (χ4n) is 3.63. The molecule has 0 aliphatic carbocycles. The summed E-state index contributed by atoms with van der Waals surface area (Å²) in [6.07, 6.45) is 1.46. The van der Waals surface area contributed by atoms with Gasteiger partial charge in [-0.1, -0.05) is 23.7 Å². The van der Waals surface area contributed by atoms with Crippen molar-refractivity contribution >= 4 is 39.3 Å². The van der Waals surface area contributed by atoms with Crippen molar-refractivity contribution in [2.45, 2.75) is 26.5 Å². The Morgan fingerprint density at radius 2 is 2.03 bits per heavy atom. The first-order valence-electron chi connectivity index (χ1n) is 9.52. The van der Waals surface area contributed by atoms with Crippen molar-refractivity contribution in [1.82, 2.24) is 14.8 Å². The van der Waals surface area contributed by atoms with Gasteiger partial charge >= 0.3 is 0 Å². The van der Waals surface area contributed by atoms with Crippen LogP contribution < -0.4 is 14.8 Å². The number of hydrogen-bond acceptors (Lipinski definition) is 6. The van der Waals surface area contributed by atoms with Gasteiger partial charge in [0.05, 0.1) is 11.6 Å². The summed E-state index contributed by atoms with van der Waals surface area (Å²) in [5, 5.41) is 8.14. The summed E-state index contributed by atoms with van der Waals surface area (Å²) < 4.78 is 14.1. The Morgan fingerprint density at radius 1 is 1.29 bits per heavy atom. The first kappa shape index (κ1) is 21.4. The molecule has 4 rings (SSSR count). The third kappa shape index (κ3) is 4.18. The number of rotatable bonds is 6. The van der Waals surface area contributed by atoms with Gasteiger partial charge in [0, 0.05) is 16.3 Å². The number of ether oxygens (including phenoxy) is 2. The van der Waals surface area contributed by atoms with Crippen molar-refractivity contribution in [3.63, 3.8) is 0 Å².